The first-order valence-corrected chi connectivity index (χ1v) is 7.89. The number of nitrogens with zero attached hydrogens (tertiary/aromatic N) is 2. The fourth-order valence-corrected chi connectivity index (χ4v) is 3.04. The Labute approximate surface area is 132 Å². The van der Waals surface area contributed by atoms with Crippen molar-refractivity contribution in [1.82, 2.24) is 4.98 Å². The first-order chi connectivity index (χ1) is 10.6. The molecular weight excluding hydrogens is 268 g/mol. The minimum Gasteiger partial charge on any atom is -0.256 e. The second kappa shape index (κ2) is 5.88. The molecule has 0 N–H and O–H groups in total. The average Bonchev–Trinajstić information content (AvgIpc) is 2.48. The molecule has 0 amide bonds. The minimum atomic E-state index is 0.645. The number of aromatic nitrogens is 2. The monoisotopic (exact) mass is 291 g/mol. The third-order valence-corrected chi connectivity index (χ3v) is 4.14. The van der Waals surface area contributed by atoms with Crippen molar-refractivity contribution >= 4 is 10.9 Å². The summed E-state index contributed by atoms with van der Waals surface area (Å²) >= 11 is 0. The lowest BCUT2D eigenvalue weighted by atomic mass is 9.99. The summed E-state index contributed by atoms with van der Waals surface area (Å²) < 4.78 is 2.22. The van der Waals surface area contributed by atoms with Crippen molar-refractivity contribution in [3.63, 3.8) is 0 Å². The minimum absolute atomic E-state index is 0.645. The van der Waals surface area contributed by atoms with E-state index < -0.39 is 0 Å². The zero-order chi connectivity index (χ0) is 15.7. The van der Waals surface area contributed by atoms with Gasteiger partial charge in [-0.05, 0) is 42.5 Å². The normalized spacial score (nSPS) is 11.3. The lowest BCUT2D eigenvalue weighted by Crippen LogP contribution is -2.31. The highest BCUT2D eigenvalue weighted by atomic mass is 14.9. The molecular formula is C20H23N2+. The van der Waals surface area contributed by atoms with E-state index in [0.717, 1.165) is 11.9 Å². The van der Waals surface area contributed by atoms with Gasteiger partial charge in [-0.3, -0.25) is 4.98 Å². The Balaban J connectivity index is 2.20. The Morgan fingerprint density at radius 3 is 2.64 bits per heavy atom. The second-order valence-corrected chi connectivity index (χ2v) is 6.45. The molecule has 0 aliphatic carbocycles. The van der Waals surface area contributed by atoms with Crippen molar-refractivity contribution in [2.24, 2.45) is 13.0 Å². The summed E-state index contributed by atoms with van der Waals surface area (Å²) in [5, 5.41) is 1.26. The van der Waals surface area contributed by atoms with Gasteiger partial charge < -0.3 is 0 Å². The highest BCUT2D eigenvalue weighted by molar-refractivity contribution is 5.83. The van der Waals surface area contributed by atoms with Gasteiger partial charge in [0.05, 0.1) is 10.9 Å². The fraction of sp³-hybridized carbons (Fsp3) is 0.300. The summed E-state index contributed by atoms with van der Waals surface area (Å²) in [6.45, 7) is 6.67. The van der Waals surface area contributed by atoms with Gasteiger partial charge in [0.15, 0.2) is 6.20 Å². The van der Waals surface area contributed by atoms with E-state index >= 15 is 0 Å². The summed E-state index contributed by atoms with van der Waals surface area (Å²) in [6, 6.07) is 12.9. The van der Waals surface area contributed by atoms with Crippen molar-refractivity contribution < 1.29 is 4.57 Å². The summed E-state index contributed by atoms with van der Waals surface area (Å²) in [4.78, 5) is 4.59. The smallest absolute Gasteiger partial charge is 0.214 e. The Bertz CT molecular complexity index is 819. The van der Waals surface area contributed by atoms with E-state index in [1.54, 1.807) is 0 Å². The van der Waals surface area contributed by atoms with Crippen LogP contribution in [0.1, 0.15) is 25.0 Å². The van der Waals surface area contributed by atoms with Crippen molar-refractivity contribution in [2.45, 2.75) is 27.2 Å². The maximum Gasteiger partial charge on any atom is 0.214 e. The molecule has 0 atom stereocenters. The van der Waals surface area contributed by atoms with E-state index in [0.29, 0.717) is 5.92 Å². The number of rotatable bonds is 3. The van der Waals surface area contributed by atoms with E-state index in [2.05, 4.69) is 80.0 Å². The zero-order valence-electron chi connectivity index (χ0n) is 13.8. The van der Waals surface area contributed by atoms with Gasteiger partial charge >= 0.3 is 0 Å². The van der Waals surface area contributed by atoms with Crippen LogP contribution in [0.15, 0.2) is 48.8 Å². The van der Waals surface area contributed by atoms with E-state index in [9.17, 15) is 0 Å². The maximum absolute atomic E-state index is 4.59. The molecule has 0 unspecified atom stereocenters. The molecule has 22 heavy (non-hydrogen) atoms. The van der Waals surface area contributed by atoms with Crippen molar-refractivity contribution in [2.75, 3.05) is 0 Å². The van der Waals surface area contributed by atoms with E-state index in [1.807, 2.05) is 6.20 Å². The van der Waals surface area contributed by atoms with Crippen LogP contribution in [0.4, 0.5) is 0 Å². The van der Waals surface area contributed by atoms with E-state index in [-0.39, 0.29) is 0 Å². The molecule has 2 aromatic heterocycles. The van der Waals surface area contributed by atoms with Gasteiger partial charge in [-0.2, -0.15) is 0 Å². The fourth-order valence-electron chi connectivity index (χ4n) is 3.04. The Kier molecular flexibility index (Phi) is 3.93. The molecule has 2 heterocycles. The van der Waals surface area contributed by atoms with Crippen LogP contribution in [0, 0.1) is 12.8 Å². The lowest BCUT2D eigenvalue weighted by molar-refractivity contribution is -0.659. The second-order valence-electron chi connectivity index (χ2n) is 6.45. The van der Waals surface area contributed by atoms with Crippen molar-refractivity contribution in [1.29, 1.82) is 0 Å². The number of fused-ring (bicyclic) bond motifs is 1. The summed E-state index contributed by atoms with van der Waals surface area (Å²) in [5.74, 6) is 0.645. The van der Waals surface area contributed by atoms with Gasteiger partial charge in [0, 0.05) is 17.8 Å². The van der Waals surface area contributed by atoms with Crippen LogP contribution in [-0.4, -0.2) is 4.98 Å². The third-order valence-electron chi connectivity index (χ3n) is 4.14. The molecule has 0 radical (unpaired) electrons. The van der Waals surface area contributed by atoms with Gasteiger partial charge in [-0.1, -0.05) is 32.0 Å². The SMILES string of the molecule is Cc1ccccc1-c1cc2nccc(CC(C)C)c2c[n+]1C. The molecule has 1 aromatic carbocycles. The van der Waals surface area contributed by atoms with Crippen LogP contribution in [-0.2, 0) is 13.5 Å². The number of hydrogen-bond donors (Lipinski definition) is 0. The first kappa shape index (κ1) is 14.7. The molecule has 0 bridgehead atoms. The molecule has 112 valence electrons. The van der Waals surface area contributed by atoms with Gasteiger partial charge in [0.2, 0.25) is 5.69 Å². The third kappa shape index (κ3) is 2.74. The molecule has 2 heteroatoms. The zero-order valence-corrected chi connectivity index (χ0v) is 13.8. The average molecular weight is 291 g/mol. The largest absolute Gasteiger partial charge is 0.256 e. The Morgan fingerprint density at radius 1 is 1.14 bits per heavy atom. The summed E-state index contributed by atoms with van der Waals surface area (Å²) in [5.41, 5.74) is 6.22. The van der Waals surface area contributed by atoms with Crippen molar-refractivity contribution in [3.8, 4) is 11.3 Å². The number of benzene rings is 1. The van der Waals surface area contributed by atoms with Crippen molar-refractivity contribution in [3.05, 3.63) is 59.9 Å². The Hall–Kier alpha value is -2.22. The molecule has 2 nitrogen and oxygen atoms in total. The van der Waals surface area contributed by atoms with Crippen LogP contribution < -0.4 is 4.57 Å². The quantitative estimate of drug-likeness (QED) is 0.660. The van der Waals surface area contributed by atoms with E-state index in [4.69, 9.17) is 0 Å². The van der Waals surface area contributed by atoms with Crippen LogP contribution in [0.25, 0.3) is 22.2 Å². The van der Waals surface area contributed by atoms with Gasteiger partial charge in [0.25, 0.3) is 0 Å². The van der Waals surface area contributed by atoms with Crippen LogP contribution in [0.2, 0.25) is 0 Å². The van der Waals surface area contributed by atoms with Gasteiger partial charge in [-0.15, -0.1) is 0 Å². The Morgan fingerprint density at radius 2 is 1.91 bits per heavy atom. The highest BCUT2D eigenvalue weighted by Crippen LogP contribution is 2.24. The summed E-state index contributed by atoms with van der Waals surface area (Å²) in [7, 11) is 2.12. The molecule has 3 rings (SSSR count). The molecule has 0 aliphatic rings. The topological polar surface area (TPSA) is 16.8 Å². The van der Waals surface area contributed by atoms with Crippen LogP contribution in [0.3, 0.4) is 0 Å². The van der Waals surface area contributed by atoms with Gasteiger partial charge in [0.1, 0.15) is 7.05 Å². The summed E-state index contributed by atoms with van der Waals surface area (Å²) in [6.07, 6.45) is 5.24. The number of aryl methyl sites for hydroxylation is 2. The van der Waals surface area contributed by atoms with Crippen LogP contribution >= 0.6 is 0 Å². The van der Waals surface area contributed by atoms with Crippen LogP contribution in [0.5, 0.6) is 0 Å². The highest BCUT2D eigenvalue weighted by Gasteiger charge is 2.16. The first-order valence-electron chi connectivity index (χ1n) is 7.89. The number of hydrogen-bond acceptors (Lipinski definition) is 1. The molecule has 0 fully saturated rings. The molecule has 0 aliphatic heterocycles. The number of pyridine rings is 2. The standard InChI is InChI=1S/C20H23N2/c1-14(2)11-16-9-10-21-19-12-20(22(4)13-18(16)19)17-8-6-5-7-15(17)3/h5-10,12-14H,11H2,1-4H3/q+1. The molecule has 0 saturated heterocycles. The van der Waals surface area contributed by atoms with E-state index in [1.165, 1.54) is 27.8 Å². The predicted molar refractivity (Wildman–Crippen MR) is 91.6 cm³/mol. The molecule has 3 aromatic rings. The lowest BCUT2D eigenvalue weighted by Gasteiger charge is -2.09. The maximum atomic E-state index is 4.59. The predicted octanol–water partition coefficient (Wildman–Crippen LogP) is 4.23. The molecule has 0 spiro atoms. The van der Waals surface area contributed by atoms with Gasteiger partial charge in [-0.25, -0.2) is 4.57 Å². The molecule has 0 saturated carbocycles.